The lowest BCUT2D eigenvalue weighted by Crippen LogP contribution is -2.24. The highest BCUT2D eigenvalue weighted by Gasteiger charge is 2.21. The summed E-state index contributed by atoms with van der Waals surface area (Å²) in [6, 6.07) is 10.7. The molecule has 0 aliphatic heterocycles. The van der Waals surface area contributed by atoms with Crippen molar-refractivity contribution in [1.29, 1.82) is 0 Å². The first-order valence-corrected chi connectivity index (χ1v) is 11.9. The summed E-state index contributed by atoms with van der Waals surface area (Å²) in [5.74, 6) is -1.35. The van der Waals surface area contributed by atoms with Crippen molar-refractivity contribution in [2.75, 3.05) is 26.4 Å². The van der Waals surface area contributed by atoms with Gasteiger partial charge in [-0.25, -0.2) is 9.59 Å². The molecule has 0 spiro atoms. The molecule has 0 N–H and O–H groups in total. The van der Waals surface area contributed by atoms with Crippen LogP contribution in [-0.4, -0.2) is 44.7 Å². The maximum Gasteiger partial charge on any atom is 0.373 e. The van der Waals surface area contributed by atoms with Gasteiger partial charge in [0.2, 0.25) is 6.29 Å². The molecule has 8 heteroatoms. The van der Waals surface area contributed by atoms with Crippen LogP contribution in [0.5, 0.6) is 0 Å². The number of hydrogen-bond acceptors (Lipinski definition) is 8. The Morgan fingerprint density at radius 1 is 0.714 bits per heavy atom. The minimum absolute atomic E-state index is 0.163. The third kappa shape index (κ3) is 10.2. The molecule has 0 unspecified atom stereocenters. The van der Waals surface area contributed by atoms with Crippen LogP contribution >= 0.6 is 0 Å². The van der Waals surface area contributed by atoms with Crippen molar-refractivity contribution in [2.24, 2.45) is 0 Å². The van der Waals surface area contributed by atoms with Gasteiger partial charge in [-0.1, -0.05) is 42.3 Å². The molecule has 0 aliphatic rings. The number of hydrogen-bond donors (Lipinski definition) is 0. The van der Waals surface area contributed by atoms with E-state index < -0.39 is 18.2 Å². The van der Waals surface area contributed by atoms with Crippen LogP contribution in [-0.2, 0) is 29.0 Å². The Hall–Kier alpha value is -2.78. The molecule has 0 heterocycles. The Morgan fingerprint density at radius 3 is 1.66 bits per heavy atom. The van der Waals surface area contributed by atoms with Crippen LogP contribution in [0.3, 0.4) is 0 Å². The largest absolute Gasteiger partial charge is 0.381 e. The van der Waals surface area contributed by atoms with Gasteiger partial charge in [-0.2, -0.15) is 0 Å². The fourth-order valence-electron chi connectivity index (χ4n) is 3.27. The summed E-state index contributed by atoms with van der Waals surface area (Å²) >= 11 is 0. The molecule has 0 saturated heterocycles. The highest BCUT2D eigenvalue weighted by molar-refractivity contribution is 5.91. The summed E-state index contributed by atoms with van der Waals surface area (Å²) in [4.78, 5) is 45.3. The molecule has 192 valence electrons. The summed E-state index contributed by atoms with van der Waals surface area (Å²) in [6.07, 6.45) is 0.709. The summed E-state index contributed by atoms with van der Waals surface area (Å²) < 4.78 is 11.0. The molecule has 2 aromatic rings. The predicted molar refractivity (Wildman–Crippen MR) is 130 cm³/mol. The first kappa shape index (κ1) is 28.5. The first-order chi connectivity index (χ1) is 16.8. The third-order valence-electron chi connectivity index (χ3n) is 5.09. The van der Waals surface area contributed by atoms with Crippen molar-refractivity contribution in [3.05, 3.63) is 69.8 Å². The Morgan fingerprint density at radius 2 is 1.20 bits per heavy atom. The Kier molecular flexibility index (Phi) is 12.4. The molecular weight excluding hydrogens is 452 g/mol. The van der Waals surface area contributed by atoms with Gasteiger partial charge in [0.1, 0.15) is 0 Å². The van der Waals surface area contributed by atoms with Gasteiger partial charge in [-0.15, -0.1) is 9.78 Å². The SMILES string of the molecule is CCCOCCCOCCC(OOC(=O)c1ccc(C)cc1C)OOC(=O)c1ccc(C)cc1C. The monoisotopic (exact) mass is 488 g/mol. The molecule has 0 atom stereocenters. The highest BCUT2D eigenvalue weighted by Crippen LogP contribution is 2.15. The number of carbonyl (C=O) groups is 2. The number of benzene rings is 2. The summed E-state index contributed by atoms with van der Waals surface area (Å²) in [5.41, 5.74) is 4.29. The van der Waals surface area contributed by atoms with Gasteiger partial charge in [-0.05, 0) is 63.8 Å². The third-order valence-corrected chi connectivity index (χ3v) is 5.09. The Bertz CT molecular complexity index is 889. The van der Waals surface area contributed by atoms with Gasteiger partial charge in [0.25, 0.3) is 0 Å². The Balaban J connectivity index is 1.90. The average molecular weight is 489 g/mol. The van der Waals surface area contributed by atoms with E-state index in [9.17, 15) is 9.59 Å². The van der Waals surface area contributed by atoms with Crippen molar-refractivity contribution in [2.45, 2.75) is 60.2 Å². The van der Waals surface area contributed by atoms with E-state index in [4.69, 9.17) is 29.0 Å². The van der Waals surface area contributed by atoms with E-state index in [-0.39, 0.29) is 13.0 Å². The minimum atomic E-state index is -1.17. The van der Waals surface area contributed by atoms with Crippen molar-refractivity contribution in [1.82, 2.24) is 0 Å². The van der Waals surface area contributed by atoms with Gasteiger partial charge in [0.15, 0.2) is 0 Å². The normalized spacial score (nSPS) is 11.0. The zero-order valence-corrected chi connectivity index (χ0v) is 21.3. The summed E-state index contributed by atoms with van der Waals surface area (Å²) in [5, 5.41) is 0. The van der Waals surface area contributed by atoms with Crippen molar-refractivity contribution < 1.29 is 38.6 Å². The number of rotatable bonds is 15. The Labute approximate surface area is 207 Å². The molecule has 0 aromatic heterocycles. The van der Waals surface area contributed by atoms with Crippen molar-refractivity contribution in [3.63, 3.8) is 0 Å². The van der Waals surface area contributed by atoms with Crippen LogP contribution in [0.1, 0.15) is 69.2 Å². The molecule has 0 fully saturated rings. The van der Waals surface area contributed by atoms with Crippen LogP contribution in [0, 0.1) is 27.7 Å². The van der Waals surface area contributed by atoms with Gasteiger partial charge < -0.3 is 9.47 Å². The fraction of sp³-hybridized carbons (Fsp3) is 0.481. The van der Waals surface area contributed by atoms with E-state index >= 15 is 0 Å². The molecule has 0 aliphatic carbocycles. The predicted octanol–water partition coefficient (Wildman–Crippen LogP) is 5.35. The van der Waals surface area contributed by atoms with E-state index in [1.54, 1.807) is 38.1 Å². The number of carbonyl (C=O) groups excluding carboxylic acids is 2. The number of aryl methyl sites for hydroxylation is 4. The van der Waals surface area contributed by atoms with Gasteiger partial charge in [0, 0.05) is 26.2 Å². The minimum Gasteiger partial charge on any atom is -0.381 e. The zero-order chi connectivity index (χ0) is 25.6. The fourth-order valence-corrected chi connectivity index (χ4v) is 3.27. The number of ether oxygens (including phenoxy) is 2. The van der Waals surface area contributed by atoms with Crippen molar-refractivity contribution in [3.8, 4) is 0 Å². The quantitative estimate of drug-likeness (QED) is 0.144. The smallest absolute Gasteiger partial charge is 0.373 e. The molecule has 8 nitrogen and oxygen atoms in total. The molecule has 0 saturated carbocycles. The van der Waals surface area contributed by atoms with E-state index in [0.29, 0.717) is 24.3 Å². The second-order valence-corrected chi connectivity index (χ2v) is 8.37. The average Bonchev–Trinajstić information content (AvgIpc) is 2.81. The van der Waals surface area contributed by atoms with Crippen LogP contribution in [0.15, 0.2) is 36.4 Å². The molecule has 0 radical (unpaired) electrons. The zero-order valence-electron chi connectivity index (χ0n) is 21.3. The van der Waals surface area contributed by atoms with Crippen LogP contribution in [0.2, 0.25) is 0 Å². The van der Waals surface area contributed by atoms with E-state index in [1.165, 1.54) is 0 Å². The molecular formula is C27H36O8. The van der Waals surface area contributed by atoms with E-state index in [2.05, 4.69) is 6.92 Å². The van der Waals surface area contributed by atoms with Crippen LogP contribution in [0.4, 0.5) is 0 Å². The van der Waals surface area contributed by atoms with Crippen LogP contribution < -0.4 is 0 Å². The maximum atomic E-state index is 12.5. The van der Waals surface area contributed by atoms with Gasteiger partial charge in [-0.3, -0.25) is 9.78 Å². The van der Waals surface area contributed by atoms with Gasteiger partial charge >= 0.3 is 11.9 Å². The summed E-state index contributed by atoms with van der Waals surface area (Å²) in [6.45, 7) is 11.6. The standard InChI is InChI=1S/C27H36O8/c1-6-13-30-14-7-15-31-16-12-25(32-34-26(28)23-10-8-19(2)17-21(23)4)33-35-27(29)24-11-9-20(3)18-22(24)5/h8-11,17-18,25H,6-7,12-16H2,1-5H3. The topological polar surface area (TPSA) is 89.5 Å². The molecule has 35 heavy (non-hydrogen) atoms. The van der Waals surface area contributed by atoms with Crippen molar-refractivity contribution >= 4 is 11.9 Å². The summed E-state index contributed by atoms with van der Waals surface area (Å²) in [7, 11) is 0. The molecule has 0 amide bonds. The van der Waals surface area contributed by atoms with E-state index in [0.717, 1.165) is 41.7 Å². The van der Waals surface area contributed by atoms with E-state index in [1.807, 2.05) is 26.0 Å². The second-order valence-electron chi connectivity index (χ2n) is 8.37. The second kappa shape index (κ2) is 15.3. The maximum absolute atomic E-state index is 12.5. The highest BCUT2D eigenvalue weighted by atomic mass is 17.3. The lowest BCUT2D eigenvalue weighted by molar-refractivity contribution is -0.422. The van der Waals surface area contributed by atoms with Gasteiger partial charge in [0.05, 0.1) is 17.7 Å². The van der Waals surface area contributed by atoms with Crippen LogP contribution in [0.25, 0.3) is 0 Å². The molecule has 0 bridgehead atoms. The lowest BCUT2D eigenvalue weighted by atomic mass is 10.1. The molecule has 2 aromatic carbocycles. The molecule has 2 rings (SSSR count). The lowest BCUT2D eigenvalue weighted by Gasteiger charge is -2.16. The first-order valence-electron chi connectivity index (χ1n) is 11.9.